The number of hydrogen-bond acceptors (Lipinski definition) is 1. The molecule has 0 atom stereocenters. The Morgan fingerprint density at radius 3 is 2.70 bits per heavy atom. The van der Waals surface area contributed by atoms with E-state index in [2.05, 4.69) is 0 Å². The minimum Gasteiger partial charge on any atom is -0.207 e. The molecule has 0 N–H and O–H groups in total. The van der Waals surface area contributed by atoms with Crippen molar-refractivity contribution in [1.82, 2.24) is 0 Å². The van der Waals surface area contributed by atoms with E-state index in [9.17, 15) is 4.39 Å². The van der Waals surface area contributed by atoms with Gasteiger partial charge in [-0.3, -0.25) is 0 Å². The third kappa shape index (κ3) is 1.14. The summed E-state index contributed by atoms with van der Waals surface area (Å²) >= 11 is 0. The summed E-state index contributed by atoms with van der Waals surface area (Å²) in [6, 6.07) is 6.06. The molecule has 2 heteroatoms. The summed E-state index contributed by atoms with van der Waals surface area (Å²) in [5.74, 6) is -0.359. The third-order valence-electron chi connectivity index (χ3n) is 1.32. The second-order valence-electron chi connectivity index (χ2n) is 2.07. The Bertz CT molecular complexity index is 286. The predicted octanol–water partition coefficient (Wildman–Crippen LogP) is 2.01. The highest BCUT2D eigenvalue weighted by Crippen LogP contribution is 2.07. The number of benzene rings is 1. The highest BCUT2D eigenvalue weighted by molar-refractivity contribution is 5.36. The monoisotopic (exact) mass is 134 g/mol. The lowest BCUT2D eigenvalue weighted by atomic mass is 10.1. The van der Waals surface area contributed by atoms with Gasteiger partial charge in [-0.25, -0.2) is 4.39 Å². The first kappa shape index (κ1) is 6.76. The SMILES string of the molecule is Cc1ccc([18F])cc1C#N. The van der Waals surface area contributed by atoms with Crippen molar-refractivity contribution in [1.29, 1.82) is 5.26 Å². The Morgan fingerprint density at radius 2 is 2.20 bits per heavy atom. The number of rotatable bonds is 0. The highest BCUT2D eigenvalue weighted by atomic mass is 18.2. The lowest BCUT2D eigenvalue weighted by molar-refractivity contribution is 0.627. The second kappa shape index (κ2) is 2.49. The Balaban J connectivity index is 3.25. The van der Waals surface area contributed by atoms with Gasteiger partial charge in [0.25, 0.3) is 0 Å². The number of hydrogen-bond donors (Lipinski definition) is 0. The maximum atomic E-state index is 12.4. The van der Waals surface area contributed by atoms with Crippen molar-refractivity contribution in [3.63, 3.8) is 0 Å². The summed E-state index contributed by atoms with van der Waals surface area (Å²) in [7, 11) is 0. The van der Waals surface area contributed by atoms with Gasteiger partial charge in [-0.15, -0.1) is 0 Å². The van der Waals surface area contributed by atoms with Gasteiger partial charge in [0.1, 0.15) is 5.82 Å². The molecule has 1 aromatic rings. The van der Waals surface area contributed by atoms with E-state index in [1.165, 1.54) is 12.1 Å². The molecule has 0 amide bonds. The van der Waals surface area contributed by atoms with Crippen molar-refractivity contribution in [2.45, 2.75) is 6.92 Å². The summed E-state index contributed by atoms with van der Waals surface area (Å²) in [5, 5.41) is 8.43. The molecule has 0 aromatic heterocycles. The van der Waals surface area contributed by atoms with Gasteiger partial charge in [0.15, 0.2) is 0 Å². The number of nitrogens with zero attached hydrogens (tertiary/aromatic N) is 1. The maximum Gasteiger partial charge on any atom is 0.124 e. The summed E-state index contributed by atoms with van der Waals surface area (Å²) < 4.78 is 12.4. The van der Waals surface area contributed by atoms with Crippen LogP contribution in [0.15, 0.2) is 18.2 Å². The highest BCUT2D eigenvalue weighted by Gasteiger charge is 1.96. The lowest BCUT2D eigenvalue weighted by Gasteiger charge is -1.93. The minimum absolute atomic E-state index is 0.359. The minimum atomic E-state index is -0.359. The molecule has 0 saturated carbocycles. The number of halogens is 1. The van der Waals surface area contributed by atoms with E-state index in [1.54, 1.807) is 13.0 Å². The molecule has 50 valence electrons. The van der Waals surface area contributed by atoms with Crippen LogP contribution in [0.1, 0.15) is 11.1 Å². The van der Waals surface area contributed by atoms with E-state index >= 15 is 0 Å². The largest absolute Gasteiger partial charge is 0.207 e. The van der Waals surface area contributed by atoms with Crippen molar-refractivity contribution in [2.24, 2.45) is 0 Å². The molecule has 0 spiro atoms. The van der Waals surface area contributed by atoms with Gasteiger partial charge in [0.2, 0.25) is 0 Å². The molecule has 0 radical (unpaired) electrons. The first-order chi connectivity index (χ1) is 4.74. The Kier molecular flexibility index (Phi) is 1.68. The first-order valence-electron chi connectivity index (χ1n) is 2.90. The van der Waals surface area contributed by atoms with E-state index < -0.39 is 0 Å². The smallest absolute Gasteiger partial charge is 0.124 e. The molecule has 1 aromatic carbocycles. The van der Waals surface area contributed by atoms with Gasteiger partial charge in [-0.1, -0.05) is 6.07 Å². The van der Waals surface area contributed by atoms with Gasteiger partial charge in [-0.2, -0.15) is 5.26 Å². The molecule has 0 bridgehead atoms. The Morgan fingerprint density at radius 1 is 1.50 bits per heavy atom. The van der Waals surface area contributed by atoms with Gasteiger partial charge in [-0.05, 0) is 24.6 Å². The fourth-order valence-electron chi connectivity index (χ4n) is 0.715. The number of aryl methyl sites for hydroxylation is 1. The van der Waals surface area contributed by atoms with Crippen molar-refractivity contribution >= 4 is 0 Å². The fourth-order valence-corrected chi connectivity index (χ4v) is 0.715. The standard InChI is InChI=1S/C8H6FN/c1-6-2-3-8(9)4-7(6)5-10/h2-4H,1H3/i9-1. The quantitative estimate of drug-likeness (QED) is 0.532. The van der Waals surface area contributed by atoms with Gasteiger partial charge >= 0.3 is 0 Å². The zero-order chi connectivity index (χ0) is 7.56. The maximum absolute atomic E-state index is 12.4. The van der Waals surface area contributed by atoms with Crippen LogP contribution in [0.4, 0.5) is 4.39 Å². The van der Waals surface area contributed by atoms with E-state index in [0.717, 1.165) is 5.56 Å². The molecule has 0 aliphatic carbocycles. The van der Waals surface area contributed by atoms with Crippen molar-refractivity contribution in [3.8, 4) is 6.07 Å². The van der Waals surface area contributed by atoms with E-state index in [4.69, 9.17) is 5.26 Å². The average molecular weight is 134 g/mol. The van der Waals surface area contributed by atoms with Crippen LogP contribution in [0.3, 0.4) is 0 Å². The number of nitriles is 1. The molecule has 0 aliphatic rings. The van der Waals surface area contributed by atoms with Gasteiger partial charge in [0.05, 0.1) is 11.6 Å². The molecule has 10 heavy (non-hydrogen) atoms. The van der Waals surface area contributed by atoms with Crippen LogP contribution in [0.25, 0.3) is 0 Å². The van der Waals surface area contributed by atoms with Gasteiger partial charge in [0, 0.05) is 0 Å². The zero-order valence-electron chi connectivity index (χ0n) is 5.56. The van der Waals surface area contributed by atoms with Crippen LogP contribution in [0, 0.1) is 24.1 Å². The summed E-state index contributed by atoms with van der Waals surface area (Å²) in [6.07, 6.45) is 0. The molecule has 0 heterocycles. The lowest BCUT2D eigenvalue weighted by Crippen LogP contribution is -1.82. The van der Waals surface area contributed by atoms with Crippen LogP contribution in [0.2, 0.25) is 0 Å². The zero-order valence-corrected chi connectivity index (χ0v) is 5.56. The molecule has 0 aliphatic heterocycles. The van der Waals surface area contributed by atoms with Crippen LogP contribution in [-0.2, 0) is 0 Å². The second-order valence-corrected chi connectivity index (χ2v) is 2.07. The molecule has 0 saturated heterocycles. The van der Waals surface area contributed by atoms with Crippen LogP contribution >= 0.6 is 0 Å². The molecule has 0 unspecified atom stereocenters. The topological polar surface area (TPSA) is 23.8 Å². The Labute approximate surface area is 58.7 Å². The van der Waals surface area contributed by atoms with Crippen LogP contribution in [-0.4, -0.2) is 0 Å². The summed E-state index contributed by atoms with van der Waals surface area (Å²) in [6.45, 7) is 1.78. The molecule has 1 rings (SSSR count). The summed E-state index contributed by atoms with van der Waals surface area (Å²) in [4.78, 5) is 0. The van der Waals surface area contributed by atoms with Crippen LogP contribution in [0.5, 0.6) is 0 Å². The normalized spacial score (nSPS) is 8.90. The predicted molar refractivity (Wildman–Crippen MR) is 35.9 cm³/mol. The molecule has 0 fully saturated rings. The average Bonchev–Trinajstić information content (AvgIpc) is 1.94. The van der Waals surface area contributed by atoms with Crippen molar-refractivity contribution in [2.75, 3.05) is 0 Å². The third-order valence-corrected chi connectivity index (χ3v) is 1.32. The first-order valence-corrected chi connectivity index (χ1v) is 2.90. The van der Waals surface area contributed by atoms with E-state index in [1.807, 2.05) is 6.07 Å². The summed E-state index contributed by atoms with van der Waals surface area (Å²) in [5.41, 5.74) is 1.21. The molecular formula is C8H6FN. The Hall–Kier alpha value is -1.36. The van der Waals surface area contributed by atoms with Crippen LogP contribution < -0.4 is 0 Å². The fraction of sp³-hybridized carbons (Fsp3) is 0.125. The van der Waals surface area contributed by atoms with Crippen molar-refractivity contribution < 1.29 is 4.39 Å². The van der Waals surface area contributed by atoms with Gasteiger partial charge < -0.3 is 0 Å². The van der Waals surface area contributed by atoms with E-state index in [-0.39, 0.29) is 5.82 Å². The van der Waals surface area contributed by atoms with Crippen molar-refractivity contribution in [3.05, 3.63) is 35.1 Å². The molecular weight excluding hydrogens is 128 g/mol. The van der Waals surface area contributed by atoms with E-state index in [0.29, 0.717) is 5.56 Å². The molecule has 1 nitrogen and oxygen atoms in total.